The zero-order valence-electron chi connectivity index (χ0n) is 11.8. The maximum absolute atomic E-state index is 12.2. The summed E-state index contributed by atoms with van der Waals surface area (Å²) in [5, 5.41) is 9.05. The van der Waals surface area contributed by atoms with E-state index in [9.17, 15) is 9.59 Å². The number of aliphatic carboxylic acids is 1. The van der Waals surface area contributed by atoms with Gasteiger partial charge in [-0.05, 0) is 34.6 Å². The monoisotopic (exact) mass is 257 g/mol. The third-order valence-electron chi connectivity index (χ3n) is 3.09. The highest BCUT2D eigenvalue weighted by Gasteiger charge is 2.37. The lowest BCUT2D eigenvalue weighted by Crippen LogP contribution is -2.54. The lowest BCUT2D eigenvalue weighted by atomic mass is 9.88. The Morgan fingerprint density at radius 3 is 2.44 bits per heavy atom. The number of carboxylic acids is 1. The highest BCUT2D eigenvalue weighted by atomic mass is 16.5. The first kappa shape index (κ1) is 15.0. The van der Waals surface area contributed by atoms with Crippen molar-refractivity contribution in [1.29, 1.82) is 0 Å². The van der Waals surface area contributed by atoms with Crippen LogP contribution in [0, 0.1) is 5.41 Å². The maximum Gasteiger partial charge on any atom is 0.309 e. The summed E-state index contributed by atoms with van der Waals surface area (Å²) in [5.74, 6) is -1.07. The zero-order valence-corrected chi connectivity index (χ0v) is 11.8. The standard InChI is InChI=1S/C13H23NO4/c1-9-7-14(8-13(4,5)18-9)10(15)6-12(2,3)11(16)17/h9H,6-8H2,1-5H3,(H,16,17). The van der Waals surface area contributed by atoms with Crippen LogP contribution in [0.3, 0.4) is 0 Å². The van der Waals surface area contributed by atoms with Crippen molar-refractivity contribution in [1.82, 2.24) is 4.90 Å². The Kier molecular flexibility index (Phi) is 4.05. The SMILES string of the molecule is CC1CN(C(=O)CC(C)(C)C(=O)O)CC(C)(C)O1. The molecule has 1 unspecified atom stereocenters. The molecule has 0 aromatic carbocycles. The van der Waals surface area contributed by atoms with E-state index in [-0.39, 0.29) is 24.0 Å². The fraction of sp³-hybridized carbons (Fsp3) is 0.846. The fourth-order valence-corrected chi connectivity index (χ4v) is 2.21. The number of carbonyl (C=O) groups excluding carboxylic acids is 1. The first-order valence-electron chi connectivity index (χ1n) is 6.22. The van der Waals surface area contributed by atoms with Gasteiger partial charge in [-0.25, -0.2) is 0 Å². The molecule has 5 heteroatoms. The molecule has 1 atom stereocenters. The quantitative estimate of drug-likeness (QED) is 0.832. The van der Waals surface area contributed by atoms with Crippen LogP contribution < -0.4 is 0 Å². The zero-order chi connectivity index (χ0) is 14.1. The molecule has 1 saturated heterocycles. The molecule has 1 aliphatic rings. The number of rotatable bonds is 3. The summed E-state index contributed by atoms with van der Waals surface area (Å²) >= 11 is 0. The summed E-state index contributed by atoms with van der Waals surface area (Å²) in [6.07, 6.45) is -0.00357. The van der Waals surface area contributed by atoms with Crippen molar-refractivity contribution < 1.29 is 19.4 Å². The average molecular weight is 257 g/mol. The minimum atomic E-state index is -1.03. The lowest BCUT2D eigenvalue weighted by molar-refractivity contribution is -0.163. The van der Waals surface area contributed by atoms with Crippen molar-refractivity contribution in [3.05, 3.63) is 0 Å². The van der Waals surface area contributed by atoms with Crippen LogP contribution in [0.5, 0.6) is 0 Å². The second kappa shape index (κ2) is 4.88. The predicted molar refractivity (Wildman–Crippen MR) is 67.2 cm³/mol. The summed E-state index contributed by atoms with van der Waals surface area (Å²) < 4.78 is 5.72. The predicted octanol–water partition coefficient (Wildman–Crippen LogP) is 1.51. The van der Waals surface area contributed by atoms with Gasteiger partial charge < -0.3 is 14.7 Å². The smallest absolute Gasteiger partial charge is 0.309 e. The molecule has 1 N–H and O–H groups in total. The van der Waals surface area contributed by atoms with Gasteiger partial charge in [-0.1, -0.05) is 0 Å². The number of hydrogen-bond donors (Lipinski definition) is 1. The van der Waals surface area contributed by atoms with Crippen molar-refractivity contribution in [3.63, 3.8) is 0 Å². The van der Waals surface area contributed by atoms with Crippen molar-refractivity contribution in [2.45, 2.75) is 52.7 Å². The van der Waals surface area contributed by atoms with Gasteiger partial charge in [0.1, 0.15) is 0 Å². The van der Waals surface area contributed by atoms with E-state index in [1.807, 2.05) is 20.8 Å². The number of hydrogen-bond acceptors (Lipinski definition) is 3. The van der Waals surface area contributed by atoms with E-state index in [2.05, 4.69) is 0 Å². The minimum absolute atomic E-state index is 0.0190. The number of ether oxygens (including phenoxy) is 1. The van der Waals surface area contributed by atoms with Crippen LogP contribution in [0.1, 0.15) is 41.0 Å². The van der Waals surface area contributed by atoms with Crippen molar-refractivity contribution >= 4 is 11.9 Å². The molecule has 0 aromatic heterocycles. The van der Waals surface area contributed by atoms with E-state index in [4.69, 9.17) is 9.84 Å². The summed E-state index contributed by atoms with van der Waals surface area (Å²) in [6.45, 7) is 9.97. The number of morpholine rings is 1. The number of nitrogens with zero attached hydrogens (tertiary/aromatic N) is 1. The van der Waals surface area contributed by atoms with Gasteiger partial charge in [-0.3, -0.25) is 9.59 Å². The topological polar surface area (TPSA) is 66.8 Å². The van der Waals surface area contributed by atoms with E-state index in [1.165, 1.54) is 0 Å². The van der Waals surface area contributed by atoms with Crippen LogP contribution >= 0.6 is 0 Å². The molecule has 1 rings (SSSR count). The van der Waals surface area contributed by atoms with Crippen LogP contribution in [0.4, 0.5) is 0 Å². The second-order valence-corrected chi connectivity index (χ2v) is 6.33. The van der Waals surface area contributed by atoms with Gasteiger partial charge in [-0.15, -0.1) is 0 Å². The first-order chi connectivity index (χ1) is 8.03. The van der Waals surface area contributed by atoms with Crippen LogP contribution in [-0.2, 0) is 14.3 Å². The van der Waals surface area contributed by atoms with E-state index in [1.54, 1.807) is 18.7 Å². The Bertz CT molecular complexity index is 349. The van der Waals surface area contributed by atoms with Gasteiger partial charge >= 0.3 is 5.97 Å². The number of amides is 1. The van der Waals surface area contributed by atoms with E-state index < -0.39 is 11.4 Å². The Morgan fingerprint density at radius 1 is 1.44 bits per heavy atom. The van der Waals surface area contributed by atoms with Crippen LogP contribution in [-0.4, -0.2) is 46.7 Å². The summed E-state index contributed by atoms with van der Waals surface area (Å²) in [4.78, 5) is 24.9. The molecule has 1 amide bonds. The molecular weight excluding hydrogens is 234 g/mol. The molecule has 0 aliphatic carbocycles. The Morgan fingerprint density at radius 2 is 2.00 bits per heavy atom. The van der Waals surface area contributed by atoms with Crippen LogP contribution in [0.25, 0.3) is 0 Å². The van der Waals surface area contributed by atoms with Crippen LogP contribution in [0.2, 0.25) is 0 Å². The van der Waals surface area contributed by atoms with E-state index in [0.717, 1.165) is 0 Å². The van der Waals surface area contributed by atoms with Gasteiger partial charge in [0.15, 0.2) is 0 Å². The lowest BCUT2D eigenvalue weighted by Gasteiger charge is -2.42. The molecule has 104 valence electrons. The van der Waals surface area contributed by atoms with Crippen molar-refractivity contribution in [2.75, 3.05) is 13.1 Å². The second-order valence-electron chi connectivity index (χ2n) is 6.33. The minimum Gasteiger partial charge on any atom is -0.481 e. The molecular formula is C13H23NO4. The molecule has 0 bridgehead atoms. The van der Waals surface area contributed by atoms with Crippen molar-refractivity contribution in [2.24, 2.45) is 5.41 Å². The molecule has 0 spiro atoms. The summed E-state index contributed by atoms with van der Waals surface area (Å²) in [5.41, 5.74) is -1.40. The summed E-state index contributed by atoms with van der Waals surface area (Å²) in [6, 6.07) is 0. The van der Waals surface area contributed by atoms with Gasteiger partial charge in [0, 0.05) is 19.5 Å². The van der Waals surface area contributed by atoms with Gasteiger partial charge in [0.25, 0.3) is 0 Å². The van der Waals surface area contributed by atoms with Gasteiger partial charge in [0.05, 0.1) is 17.1 Å². The fourth-order valence-electron chi connectivity index (χ4n) is 2.21. The Labute approximate surface area is 108 Å². The molecule has 18 heavy (non-hydrogen) atoms. The molecule has 1 aliphatic heterocycles. The van der Waals surface area contributed by atoms with Gasteiger partial charge in [-0.2, -0.15) is 0 Å². The van der Waals surface area contributed by atoms with Crippen LogP contribution in [0.15, 0.2) is 0 Å². The Hall–Kier alpha value is -1.10. The van der Waals surface area contributed by atoms with Crippen molar-refractivity contribution in [3.8, 4) is 0 Å². The summed E-state index contributed by atoms with van der Waals surface area (Å²) in [7, 11) is 0. The van der Waals surface area contributed by atoms with E-state index in [0.29, 0.717) is 13.1 Å². The molecule has 0 aromatic rings. The van der Waals surface area contributed by atoms with E-state index >= 15 is 0 Å². The normalized spacial score (nSPS) is 23.8. The molecule has 5 nitrogen and oxygen atoms in total. The number of carbonyl (C=O) groups is 2. The third kappa shape index (κ3) is 3.70. The highest BCUT2D eigenvalue weighted by Crippen LogP contribution is 2.25. The average Bonchev–Trinajstić information content (AvgIpc) is 2.13. The molecule has 0 saturated carbocycles. The van der Waals surface area contributed by atoms with Gasteiger partial charge in [0.2, 0.25) is 5.91 Å². The molecule has 0 radical (unpaired) electrons. The Balaban J connectivity index is 2.70. The number of carboxylic acid groups (broad SMARTS) is 1. The molecule has 1 fully saturated rings. The highest BCUT2D eigenvalue weighted by molar-refractivity contribution is 5.84. The largest absolute Gasteiger partial charge is 0.481 e. The first-order valence-corrected chi connectivity index (χ1v) is 6.22. The molecule has 1 heterocycles. The third-order valence-corrected chi connectivity index (χ3v) is 3.09. The maximum atomic E-state index is 12.2.